The monoisotopic (exact) mass is 414 g/mol. The number of ketones is 1. The zero-order valence-electron chi connectivity index (χ0n) is 16.9. The smallest absolute Gasteiger partial charge is 0.348 e. The van der Waals surface area contributed by atoms with Crippen LogP contribution in [0.4, 0.5) is 0 Å². The minimum Gasteiger partial charge on any atom is -0.462 e. The van der Waals surface area contributed by atoms with Crippen LogP contribution < -0.4 is 5.56 Å². The molecule has 0 atom stereocenters. The highest BCUT2D eigenvalue weighted by molar-refractivity contribution is 7.20. The third-order valence-electron chi connectivity index (χ3n) is 7.32. The van der Waals surface area contributed by atoms with Crippen molar-refractivity contribution in [3.8, 4) is 0 Å². The van der Waals surface area contributed by atoms with Gasteiger partial charge >= 0.3 is 5.97 Å². The topological polar surface area (TPSA) is 78.3 Å². The van der Waals surface area contributed by atoms with E-state index >= 15 is 0 Å². The third-order valence-corrected chi connectivity index (χ3v) is 8.50. The fourth-order valence-corrected chi connectivity index (χ4v) is 7.47. The Balaban J connectivity index is 1.46. The van der Waals surface area contributed by atoms with Gasteiger partial charge in [0.15, 0.2) is 5.78 Å². The van der Waals surface area contributed by atoms with Crippen LogP contribution in [-0.4, -0.2) is 27.9 Å². The Hall–Kier alpha value is -2.02. The van der Waals surface area contributed by atoms with Crippen LogP contribution in [0.15, 0.2) is 11.1 Å². The van der Waals surface area contributed by atoms with Crippen molar-refractivity contribution in [3.05, 3.63) is 27.1 Å². The first kappa shape index (κ1) is 19.0. The number of carbonyl (C=O) groups excluding carboxylic acids is 2. The number of fused-ring (bicyclic) bond motifs is 1. The number of rotatable bonds is 5. The molecule has 6 nitrogen and oxygen atoms in total. The van der Waals surface area contributed by atoms with Crippen molar-refractivity contribution in [1.82, 2.24) is 9.55 Å². The minimum atomic E-state index is -0.427. The molecule has 0 aromatic carbocycles. The molecule has 0 aliphatic heterocycles. The Morgan fingerprint density at radius 2 is 1.83 bits per heavy atom. The van der Waals surface area contributed by atoms with Crippen molar-refractivity contribution in [3.63, 3.8) is 0 Å². The fourth-order valence-electron chi connectivity index (χ4n) is 6.44. The summed E-state index contributed by atoms with van der Waals surface area (Å²) in [6.45, 7) is 3.86. The first-order valence-electron chi connectivity index (χ1n) is 10.6. The van der Waals surface area contributed by atoms with Gasteiger partial charge in [0.1, 0.15) is 9.71 Å². The first-order chi connectivity index (χ1) is 13.9. The molecule has 4 aliphatic carbocycles. The number of aromatic nitrogens is 2. The lowest BCUT2D eigenvalue weighted by molar-refractivity contribution is -0.144. The quantitative estimate of drug-likeness (QED) is 0.697. The van der Waals surface area contributed by atoms with Crippen molar-refractivity contribution >= 4 is 33.3 Å². The second kappa shape index (κ2) is 6.76. The Morgan fingerprint density at radius 1 is 1.21 bits per heavy atom. The van der Waals surface area contributed by atoms with Gasteiger partial charge in [-0.05, 0) is 75.7 Å². The molecule has 2 heterocycles. The van der Waals surface area contributed by atoms with Crippen LogP contribution in [0.2, 0.25) is 0 Å². The van der Waals surface area contributed by atoms with Crippen LogP contribution in [-0.2, 0) is 16.1 Å². The van der Waals surface area contributed by atoms with Crippen LogP contribution in [0.5, 0.6) is 0 Å². The molecular weight excluding hydrogens is 388 g/mol. The minimum absolute atomic E-state index is 0.0813. The number of ether oxygens (including phenoxy) is 1. The number of hydrogen-bond acceptors (Lipinski definition) is 6. The molecule has 0 saturated heterocycles. The van der Waals surface area contributed by atoms with Gasteiger partial charge in [0, 0.05) is 5.41 Å². The molecule has 29 heavy (non-hydrogen) atoms. The summed E-state index contributed by atoms with van der Waals surface area (Å²) in [5.41, 5.74) is 0.123. The van der Waals surface area contributed by atoms with E-state index in [-0.39, 0.29) is 29.9 Å². The summed E-state index contributed by atoms with van der Waals surface area (Å²) in [7, 11) is 0. The summed E-state index contributed by atoms with van der Waals surface area (Å²) in [6.07, 6.45) is 8.29. The number of aryl methyl sites for hydroxylation is 1. The van der Waals surface area contributed by atoms with Crippen LogP contribution >= 0.6 is 11.3 Å². The Labute approximate surface area is 173 Å². The number of esters is 1. The van der Waals surface area contributed by atoms with Crippen molar-refractivity contribution in [2.45, 2.75) is 58.9 Å². The van der Waals surface area contributed by atoms with Gasteiger partial charge in [0.2, 0.25) is 0 Å². The SMILES string of the molecule is CCOC(=O)c1sc2ncn(CC(=O)C34CC5CC(CC(C5)C3)C4)c(=O)c2c1C. The molecule has 0 amide bonds. The second-order valence-electron chi connectivity index (χ2n) is 9.26. The molecule has 4 aliphatic rings. The summed E-state index contributed by atoms with van der Waals surface area (Å²) in [4.78, 5) is 44.0. The van der Waals surface area contributed by atoms with Gasteiger partial charge in [0.25, 0.3) is 5.56 Å². The highest BCUT2D eigenvalue weighted by Gasteiger charge is 2.54. The van der Waals surface area contributed by atoms with E-state index in [1.165, 1.54) is 41.5 Å². The molecule has 2 aromatic rings. The number of hydrogen-bond donors (Lipinski definition) is 0. The number of nitrogens with zero attached hydrogens (tertiary/aromatic N) is 2. The number of carbonyl (C=O) groups is 2. The molecule has 2 aromatic heterocycles. The zero-order valence-corrected chi connectivity index (χ0v) is 17.7. The van der Waals surface area contributed by atoms with Gasteiger partial charge in [-0.25, -0.2) is 9.78 Å². The lowest BCUT2D eigenvalue weighted by Crippen LogP contribution is -2.51. The first-order valence-corrected chi connectivity index (χ1v) is 11.4. The highest BCUT2D eigenvalue weighted by atomic mass is 32.1. The zero-order chi connectivity index (χ0) is 20.3. The van der Waals surface area contributed by atoms with E-state index in [0.717, 1.165) is 19.3 Å². The molecule has 154 valence electrons. The molecular formula is C22H26N2O4S. The summed E-state index contributed by atoms with van der Waals surface area (Å²) >= 11 is 1.18. The molecule has 4 bridgehead atoms. The van der Waals surface area contributed by atoms with E-state index in [4.69, 9.17) is 4.74 Å². The van der Waals surface area contributed by atoms with Crippen LogP contribution in [0.1, 0.15) is 60.7 Å². The Morgan fingerprint density at radius 3 is 2.41 bits per heavy atom. The molecule has 0 N–H and O–H groups in total. The normalized spacial score (nSPS) is 30.1. The largest absolute Gasteiger partial charge is 0.462 e. The Kier molecular flexibility index (Phi) is 4.42. The van der Waals surface area contributed by atoms with Crippen LogP contribution in [0.3, 0.4) is 0 Å². The van der Waals surface area contributed by atoms with E-state index in [1.54, 1.807) is 13.8 Å². The average Bonchev–Trinajstić information content (AvgIpc) is 3.00. The average molecular weight is 415 g/mol. The van der Waals surface area contributed by atoms with Gasteiger partial charge in [0.05, 0.1) is 24.9 Å². The van der Waals surface area contributed by atoms with E-state index in [9.17, 15) is 14.4 Å². The van der Waals surface area contributed by atoms with Crippen LogP contribution in [0, 0.1) is 30.1 Å². The molecule has 0 spiro atoms. The van der Waals surface area contributed by atoms with Gasteiger partial charge in [-0.2, -0.15) is 0 Å². The number of Topliss-reactive ketones (excluding diaryl/α,β-unsaturated/α-hetero) is 1. The standard InChI is InChI=1S/C22H26N2O4S/c1-3-28-21(27)18-12(2)17-19(29-18)23-11-24(20(17)26)10-16(25)22-7-13-4-14(8-22)6-15(5-13)9-22/h11,13-15H,3-10H2,1-2H3. The molecule has 4 saturated carbocycles. The summed E-state index contributed by atoms with van der Waals surface area (Å²) < 4.78 is 6.53. The molecule has 0 radical (unpaired) electrons. The van der Waals surface area contributed by atoms with E-state index in [1.807, 2.05) is 0 Å². The van der Waals surface area contributed by atoms with Crippen molar-refractivity contribution in [1.29, 1.82) is 0 Å². The third kappa shape index (κ3) is 2.97. The van der Waals surface area contributed by atoms with Crippen molar-refractivity contribution in [2.24, 2.45) is 23.2 Å². The maximum absolute atomic E-state index is 13.4. The molecule has 7 heteroatoms. The maximum Gasteiger partial charge on any atom is 0.348 e. The predicted octanol–water partition coefficient (Wildman–Crippen LogP) is 3.73. The van der Waals surface area contributed by atoms with Gasteiger partial charge < -0.3 is 4.74 Å². The summed E-state index contributed by atoms with van der Waals surface area (Å²) in [6, 6.07) is 0. The maximum atomic E-state index is 13.4. The molecule has 6 rings (SSSR count). The summed E-state index contributed by atoms with van der Waals surface area (Å²) in [5.74, 6) is 1.83. The summed E-state index contributed by atoms with van der Waals surface area (Å²) in [5, 5.41) is 0.430. The lowest BCUT2D eigenvalue weighted by Gasteiger charge is -2.56. The second-order valence-corrected chi connectivity index (χ2v) is 10.3. The van der Waals surface area contributed by atoms with E-state index in [2.05, 4.69) is 4.98 Å². The predicted molar refractivity (Wildman–Crippen MR) is 110 cm³/mol. The molecule has 0 unspecified atom stereocenters. The number of thiophene rings is 1. The van der Waals surface area contributed by atoms with Gasteiger partial charge in [-0.1, -0.05) is 0 Å². The highest BCUT2D eigenvalue weighted by Crippen LogP contribution is 2.60. The van der Waals surface area contributed by atoms with E-state index in [0.29, 0.717) is 38.4 Å². The molecule has 4 fully saturated rings. The lowest BCUT2D eigenvalue weighted by atomic mass is 9.48. The van der Waals surface area contributed by atoms with Gasteiger partial charge in [-0.15, -0.1) is 11.3 Å². The van der Waals surface area contributed by atoms with Crippen molar-refractivity contribution in [2.75, 3.05) is 6.61 Å². The fraction of sp³-hybridized carbons (Fsp3) is 0.636. The Bertz CT molecular complexity index is 1030. The van der Waals surface area contributed by atoms with Gasteiger partial charge in [-0.3, -0.25) is 14.2 Å². The van der Waals surface area contributed by atoms with E-state index < -0.39 is 5.97 Å². The van der Waals surface area contributed by atoms with Crippen molar-refractivity contribution < 1.29 is 14.3 Å². The van der Waals surface area contributed by atoms with Crippen LogP contribution in [0.25, 0.3) is 10.2 Å².